The molecule has 0 spiro atoms. The Kier molecular flexibility index (Phi) is 4.26. The molecule has 1 saturated heterocycles. The number of carbonyl (C=O) groups is 2. The Morgan fingerprint density at radius 2 is 2.08 bits per heavy atom. The number of amides is 1. The topological polar surface area (TPSA) is 99.2 Å². The van der Waals surface area contributed by atoms with E-state index in [2.05, 4.69) is 15.2 Å². The van der Waals surface area contributed by atoms with E-state index < -0.39 is 12.0 Å². The average Bonchev–Trinajstić information content (AvgIpc) is 3.41. The molecule has 1 fully saturated rings. The smallest absolute Gasteiger partial charge is 0.326 e. The van der Waals surface area contributed by atoms with Gasteiger partial charge in [-0.05, 0) is 12.8 Å². The first kappa shape index (κ1) is 16.5. The monoisotopic (exact) mass is 368 g/mol. The quantitative estimate of drug-likeness (QED) is 0.738. The molecule has 1 atom stereocenters. The highest BCUT2D eigenvalue weighted by Crippen LogP contribution is 2.32. The second kappa shape index (κ2) is 6.72. The van der Waals surface area contributed by atoms with Crippen molar-refractivity contribution < 1.29 is 14.7 Å². The van der Waals surface area contributed by atoms with E-state index in [0.29, 0.717) is 24.4 Å². The minimum Gasteiger partial charge on any atom is -0.480 e. The van der Waals surface area contributed by atoms with Gasteiger partial charge in [0.25, 0.3) is 5.91 Å². The van der Waals surface area contributed by atoms with Crippen LogP contribution in [0.1, 0.15) is 23.3 Å². The first-order chi connectivity index (χ1) is 12.6. The largest absolute Gasteiger partial charge is 0.480 e. The van der Waals surface area contributed by atoms with E-state index >= 15 is 0 Å². The standard InChI is InChI=1S/C18H16N4O3S/c23-17(22-8-4-7-14(22)18(24)25)13-10-26-16(20-13)12-9-19-21-15(12)11-5-2-1-3-6-11/h1-3,5-6,9-10,14H,4,7-8H2,(H,19,21)(H,24,25)/t14-/m1/s1. The van der Waals surface area contributed by atoms with Crippen molar-refractivity contribution in [3.8, 4) is 21.8 Å². The fourth-order valence-corrected chi connectivity index (χ4v) is 3.99. The van der Waals surface area contributed by atoms with E-state index in [1.165, 1.54) is 16.2 Å². The number of hydrogen-bond acceptors (Lipinski definition) is 5. The summed E-state index contributed by atoms with van der Waals surface area (Å²) in [5.74, 6) is -1.30. The SMILES string of the molecule is O=C(O)[C@H]1CCCN1C(=O)c1csc(-c2cn[nH]c2-c2ccccc2)n1. The molecule has 2 N–H and O–H groups in total. The van der Waals surface area contributed by atoms with Crippen molar-refractivity contribution in [1.82, 2.24) is 20.1 Å². The van der Waals surface area contributed by atoms with Crippen LogP contribution < -0.4 is 0 Å². The number of thiazole rings is 1. The van der Waals surface area contributed by atoms with Crippen molar-refractivity contribution in [2.24, 2.45) is 0 Å². The molecule has 1 aromatic carbocycles. The lowest BCUT2D eigenvalue weighted by Gasteiger charge is -2.20. The Bertz CT molecular complexity index is 950. The van der Waals surface area contributed by atoms with Crippen LogP contribution >= 0.6 is 11.3 Å². The fourth-order valence-electron chi connectivity index (χ4n) is 3.18. The molecule has 0 aliphatic carbocycles. The number of hydrogen-bond donors (Lipinski definition) is 2. The van der Waals surface area contributed by atoms with E-state index in [-0.39, 0.29) is 11.6 Å². The molecule has 1 amide bonds. The van der Waals surface area contributed by atoms with E-state index in [1.807, 2.05) is 30.3 Å². The predicted octanol–water partition coefficient (Wildman–Crippen LogP) is 2.89. The first-order valence-corrected chi connectivity index (χ1v) is 9.11. The summed E-state index contributed by atoms with van der Waals surface area (Å²) in [5.41, 5.74) is 2.91. The number of benzene rings is 1. The first-order valence-electron chi connectivity index (χ1n) is 8.23. The lowest BCUT2D eigenvalue weighted by molar-refractivity contribution is -0.141. The molecule has 26 heavy (non-hydrogen) atoms. The van der Waals surface area contributed by atoms with Gasteiger partial charge < -0.3 is 10.0 Å². The number of carboxylic acid groups (broad SMARTS) is 1. The van der Waals surface area contributed by atoms with Crippen molar-refractivity contribution in [1.29, 1.82) is 0 Å². The molecule has 3 heterocycles. The zero-order valence-corrected chi connectivity index (χ0v) is 14.6. The van der Waals surface area contributed by atoms with Crippen LogP contribution in [0.15, 0.2) is 41.9 Å². The highest BCUT2D eigenvalue weighted by molar-refractivity contribution is 7.13. The van der Waals surface area contributed by atoms with Gasteiger partial charge in [0, 0.05) is 17.5 Å². The van der Waals surface area contributed by atoms with Crippen LogP contribution in [0, 0.1) is 0 Å². The third-order valence-electron chi connectivity index (χ3n) is 4.45. The third-order valence-corrected chi connectivity index (χ3v) is 5.33. The molecule has 8 heteroatoms. The number of likely N-dealkylation sites (tertiary alicyclic amines) is 1. The van der Waals surface area contributed by atoms with Crippen LogP contribution in [0.5, 0.6) is 0 Å². The second-order valence-corrected chi connectivity index (χ2v) is 6.92. The molecule has 0 unspecified atom stereocenters. The zero-order valence-electron chi connectivity index (χ0n) is 13.8. The van der Waals surface area contributed by atoms with Crippen molar-refractivity contribution in [2.75, 3.05) is 6.54 Å². The maximum absolute atomic E-state index is 12.7. The van der Waals surface area contributed by atoms with Crippen molar-refractivity contribution in [3.05, 3.63) is 47.6 Å². The molecule has 1 aliphatic rings. The Morgan fingerprint density at radius 3 is 2.85 bits per heavy atom. The molecule has 1 aliphatic heterocycles. The summed E-state index contributed by atoms with van der Waals surface area (Å²) in [4.78, 5) is 29.8. The van der Waals surface area contributed by atoms with Gasteiger partial charge in [-0.2, -0.15) is 5.10 Å². The van der Waals surface area contributed by atoms with E-state index in [9.17, 15) is 14.7 Å². The molecule has 132 valence electrons. The number of carbonyl (C=O) groups excluding carboxylic acids is 1. The summed E-state index contributed by atoms with van der Waals surface area (Å²) < 4.78 is 0. The molecule has 3 aromatic rings. The molecule has 2 aromatic heterocycles. The van der Waals surface area contributed by atoms with Gasteiger partial charge in [-0.25, -0.2) is 9.78 Å². The number of nitrogens with one attached hydrogen (secondary N) is 1. The van der Waals surface area contributed by atoms with Gasteiger partial charge in [-0.1, -0.05) is 30.3 Å². The van der Waals surface area contributed by atoms with E-state index in [0.717, 1.165) is 16.8 Å². The third kappa shape index (κ3) is 2.88. The molecule has 0 radical (unpaired) electrons. The van der Waals surface area contributed by atoms with Crippen molar-refractivity contribution in [3.63, 3.8) is 0 Å². The number of H-pyrrole nitrogens is 1. The number of carboxylic acids is 1. The second-order valence-electron chi connectivity index (χ2n) is 6.06. The van der Waals surface area contributed by atoms with Gasteiger partial charge in [-0.15, -0.1) is 11.3 Å². The minimum atomic E-state index is -0.965. The van der Waals surface area contributed by atoms with Crippen LogP contribution in [0.4, 0.5) is 0 Å². The lowest BCUT2D eigenvalue weighted by Crippen LogP contribution is -2.40. The average molecular weight is 368 g/mol. The molecule has 0 saturated carbocycles. The summed E-state index contributed by atoms with van der Waals surface area (Å²) in [6.07, 6.45) is 2.86. The van der Waals surface area contributed by atoms with Crippen LogP contribution in [0.3, 0.4) is 0 Å². The van der Waals surface area contributed by atoms with E-state index in [4.69, 9.17) is 0 Å². The molecule has 0 bridgehead atoms. The zero-order chi connectivity index (χ0) is 18.1. The Labute approximate surface area is 153 Å². The Hall–Kier alpha value is -3.00. The number of aliphatic carboxylic acids is 1. The summed E-state index contributed by atoms with van der Waals surface area (Å²) in [6, 6.07) is 9.00. The van der Waals surface area contributed by atoms with Gasteiger partial charge >= 0.3 is 5.97 Å². The maximum atomic E-state index is 12.7. The number of aromatic amines is 1. The highest BCUT2D eigenvalue weighted by atomic mass is 32.1. The lowest BCUT2D eigenvalue weighted by atomic mass is 10.1. The van der Waals surface area contributed by atoms with Gasteiger partial charge in [-0.3, -0.25) is 9.89 Å². The van der Waals surface area contributed by atoms with Crippen LogP contribution in [-0.4, -0.2) is 49.7 Å². The number of aromatic nitrogens is 3. The van der Waals surface area contributed by atoms with Gasteiger partial charge in [0.15, 0.2) is 0 Å². The number of rotatable bonds is 4. The van der Waals surface area contributed by atoms with Gasteiger partial charge in [0.1, 0.15) is 16.7 Å². The Morgan fingerprint density at radius 1 is 1.27 bits per heavy atom. The predicted molar refractivity (Wildman–Crippen MR) is 96.8 cm³/mol. The van der Waals surface area contributed by atoms with Crippen LogP contribution in [0.2, 0.25) is 0 Å². The molecule has 7 nitrogen and oxygen atoms in total. The Balaban J connectivity index is 1.63. The molecular weight excluding hydrogens is 352 g/mol. The summed E-state index contributed by atoms with van der Waals surface area (Å²) >= 11 is 1.35. The maximum Gasteiger partial charge on any atom is 0.326 e. The fraction of sp³-hybridized carbons (Fsp3) is 0.222. The van der Waals surface area contributed by atoms with Crippen LogP contribution in [0.25, 0.3) is 21.8 Å². The highest BCUT2D eigenvalue weighted by Gasteiger charge is 2.35. The van der Waals surface area contributed by atoms with E-state index in [1.54, 1.807) is 11.6 Å². The summed E-state index contributed by atoms with van der Waals surface area (Å²) in [7, 11) is 0. The van der Waals surface area contributed by atoms with Gasteiger partial charge in [0.05, 0.1) is 17.5 Å². The molecular formula is C18H16N4O3S. The normalized spacial score (nSPS) is 16.8. The number of nitrogens with zero attached hydrogens (tertiary/aromatic N) is 3. The molecule has 4 rings (SSSR count). The summed E-state index contributed by atoms with van der Waals surface area (Å²) in [6.45, 7) is 0.448. The van der Waals surface area contributed by atoms with Gasteiger partial charge in [0.2, 0.25) is 0 Å². The summed E-state index contributed by atoms with van der Waals surface area (Å²) in [5, 5.41) is 18.7. The van der Waals surface area contributed by atoms with Crippen molar-refractivity contribution in [2.45, 2.75) is 18.9 Å². The van der Waals surface area contributed by atoms with Crippen LogP contribution in [-0.2, 0) is 4.79 Å². The minimum absolute atomic E-state index is 0.276. The van der Waals surface area contributed by atoms with Crippen molar-refractivity contribution >= 4 is 23.2 Å².